The molecule has 0 aliphatic carbocycles. The van der Waals surface area contributed by atoms with Crippen LogP contribution in [0.2, 0.25) is 0 Å². The van der Waals surface area contributed by atoms with Gasteiger partial charge in [-0.05, 0) is 43.5 Å². The topological polar surface area (TPSA) is 83.6 Å². The summed E-state index contributed by atoms with van der Waals surface area (Å²) >= 11 is 0. The van der Waals surface area contributed by atoms with E-state index in [1.54, 1.807) is 25.4 Å². The molecule has 0 saturated carbocycles. The minimum absolute atomic E-state index is 0.197. The van der Waals surface area contributed by atoms with E-state index in [1.807, 2.05) is 29.2 Å². The number of aromatic nitrogens is 1. The van der Waals surface area contributed by atoms with Crippen molar-refractivity contribution in [1.29, 1.82) is 0 Å². The van der Waals surface area contributed by atoms with Crippen molar-refractivity contribution < 1.29 is 14.3 Å². The van der Waals surface area contributed by atoms with Crippen LogP contribution >= 0.6 is 0 Å². The van der Waals surface area contributed by atoms with Crippen LogP contribution in [0.4, 0.5) is 11.5 Å². The molecule has 1 aliphatic rings. The Bertz CT molecular complexity index is 840. The average molecular weight is 396 g/mol. The third kappa shape index (κ3) is 5.70. The fraction of sp³-hybridized carbons (Fsp3) is 0.409. The van der Waals surface area contributed by atoms with E-state index in [9.17, 15) is 9.59 Å². The number of benzene rings is 1. The summed E-state index contributed by atoms with van der Waals surface area (Å²) in [6, 6.07) is 10.9. The molecule has 1 aromatic heterocycles. The van der Waals surface area contributed by atoms with Gasteiger partial charge in [0.25, 0.3) is 5.91 Å². The number of methoxy groups -OCH3 is 1. The van der Waals surface area contributed by atoms with Crippen LogP contribution in [0.25, 0.3) is 0 Å². The molecule has 3 rings (SSSR count). The van der Waals surface area contributed by atoms with Crippen molar-refractivity contribution in [3.8, 4) is 5.75 Å². The first kappa shape index (κ1) is 20.6. The van der Waals surface area contributed by atoms with Crippen LogP contribution in [-0.4, -0.2) is 48.4 Å². The summed E-state index contributed by atoms with van der Waals surface area (Å²) < 4.78 is 5.35. The largest absolute Gasteiger partial charge is 0.495 e. The Morgan fingerprint density at radius 2 is 2.03 bits per heavy atom. The Morgan fingerprint density at radius 3 is 2.90 bits per heavy atom. The fourth-order valence-corrected chi connectivity index (χ4v) is 3.41. The number of anilines is 2. The standard InChI is InChI=1S/C22H28N4O3/c1-29-19-11-5-4-10-18(19)25-21-17(9-7-13-23-21)22(28)24-14-8-16-26-15-6-2-3-12-20(26)27/h4-5,7,9-11,13H,2-3,6,8,12,14-16H2,1H3,(H,23,25)(H,24,28). The molecule has 1 aromatic carbocycles. The molecule has 1 fully saturated rings. The number of ether oxygens (including phenoxy) is 1. The molecule has 0 unspecified atom stereocenters. The van der Waals surface area contributed by atoms with Crippen LogP contribution < -0.4 is 15.4 Å². The molecule has 0 atom stereocenters. The molecule has 2 amide bonds. The third-order valence-electron chi connectivity index (χ3n) is 4.97. The monoisotopic (exact) mass is 396 g/mol. The highest BCUT2D eigenvalue weighted by atomic mass is 16.5. The summed E-state index contributed by atoms with van der Waals surface area (Å²) in [7, 11) is 1.60. The molecule has 2 aromatic rings. The number of likely N-dealkylation sites (tertiary alicyclic amines) is 1. The predicted octanol–water partition coefficient (Wildman–Crippen LogP) is 3.36. The predicted molar refractivity (Wildman–Crippen MR) is 113 cm³/mol. The van der Waals surface area contributed by atoms with Gasteiger partial charge in [0.05, 0.1) is 18.4 Å². The molecule has 0 spiro atoms. The minimum Gasteiger partial charge on any atom is -0.495 e. The van der Waals surface area contributed by atoms with Crippen LogP contribution in [-0.2, 0) is 4.79 Å². The van der Waals surface area contributed by atoms with Gasteiger partial charge in [0, 0.05) is 32.3 Å². The highest BCUT2D eigenvalue weighted by molar-refractivity contribution is 5.99. The summed E-state index contributed by atoms with van der Waals surface area (Å²) in [4.78, 5) is 31.0. The van der Waals surface area contributed by atoms with Crippen molar-refractivity contribution in [2.75, 3.05) is 32.1 Å². The van der Waals surface area contributed by atoms with E-state index in [4.69, 9.17) is 4.74 Å². The van der Waals surface area contributed by atoms with Crippen molar-refractivity contribution in [2.45, 2.75) is 32.1 Å². The first-order chi connectivity index (χ1) is 14.2. The maximum Gasteiger partial charge on any atom is 0.255 e. The van der Waals surface area contributed by atoms with E-state index in [2.05, 4.69) is 15.6 Å². The first-order valence-electron chi connectivity index (χ1n) is 10.1. The molecule has 0 radical (unpaired) electrons. The second-order valence-electron chi connectivity index (χ2n) is 7.03. The van der Waals surface area contributed by atoms with E-state index < -0.39 is 0 Å². The van der Waals surface area contributed by atoms with E-state index in [-0.39, 0.29) is 11.8 Å². The highest BCUT2D eigenvalue weighted by Crippen LogP contribution is 2.27. The van der Waals surface area contributed by atoms with Gasteiger partial charge in [-0.3, -0.25) is 9.59 Å². The average Bonchev–Trinajstić information content (AvgIpc) is 2.96. The number of nitrogens with zero attached hydrogens (tertiary/aromatic N) is 2. The van der Waals surface area contributed by atoms with Crippen molar-refractivity contribution >= 4 is 23.3 Å². The number of pyridine rings is 1. The number of carbonyl (C=O) groups excluding carboxylic acids is 2. The molecule has 2 heterocycles. The van der Waals surface area contributed by atoms with Crippen LogP contribution in [0.3, 0.4) is 0 Å². The molecule has 7 nitrogen and oxygen atoms in total. The van der Waals surface area contributed by atoms with Crippen LogP contribution in [0.1, 0.15) is 42.5 Å². The second-order valence-corrected chi connectivity index (χ2v) is 7.03. The van der Waals surface area contributed by atoms with Gasteiger partial charge in [0.2, 0.25) is 5.91 Å². The van der Waals surface area contributed by atoms with Gasteiger partial charge in [0.15, 0.2) is 0 Å². The highest BCUT2D eigenvalue weighted by Gasteiger charge is 2.17. The van der Waals surface area contributed by atoms with E-state index >= 15 is 0 Å². The number of rotatable bonds is 8. The lowest BCUT2D eigenvalue weighted by Crippen LogP contribution is -2.34. The van der Waals surface area contributed by atoms with Gasteiger partial charge in [-0.25, -0.2) is 4.98 Å². The Kier molecular flexibility index (Phi) is 7.44. The molecule has 0 bridgehead atoms. The Labute approximate surface area is 171 Å². The van der Waals surface area contributed by atoms with Crippen molar-refractivity contribution in [3.63, 3.8) is 0 Å². The fourth-order valence-electron chi connectivity index (χ4n) is 3.41. The zero-order valence-corrected chi connectivity index (χ0v) is 16.8. The number of hydrogen-bond acceptors (Lipinski definition) is 5. The maximum atomic E-state index is 12.7. The van der Waals surface area contributed by atoms with Crippen molar-refractivity contribution in [1.82, 2.24) is 15.2 Å². The maximum absolute atomic E-state index is 12.7. The van der Waals surface area contributed by atoms with Gasteiger partial charge in [-0.2, -0.15) is 0 Å². The van der Waals surface area contributed by atoms with Crippen molar-refractivity contribution in [2.24, 2.45) is 0 Å². The Hall–Kier alpha value is -3.09. The Balaban J connectivity index is 1.56. The van der Waals surface area contributed by atoms with Gasteiger partial charge in [-0.1, -0.05) is 18.6 Å². The summed E-state index contributed by atoms with van der Waals surface area (Å²) in [5, 5.41) is 6.11. The van der Waals surface area contributed by atoms with E-state index in [1.165, 1.54) is 0 Å². The quantitative estimate of drug-likeness (QED) is 0.669. The van der Waals surface area contributed by atoms with E-state index in [0.717, 1.165) is 37.9 Å². The van der Waals surface area contributed by atoms with Gasteiger partial charge < -0.3 is 20.3 Å². The van der Waals surface area contributed by atoms with Crippen molar-refractivity contribution in [3.05, 3.63) is 48.2 Å². The molecule has 29 heavy (non-hydrogen) atoms. The summed E-state index contributed by atoms with van der Waals surface area (Å²) in [5.74, 6) is 1.17. The van der Waals surface area contributed by atoms with Crippen LogP contribution in [0, 0.1) is 0 Å². The normalized spacial score (nSPS) is 14.2. The molecule has 154 valence electrons. The summed E-state index contributed by atoms with van der Waals surface area (Å²) in [5.41, 5.74) is 1.20. The summed E-state index contributed by atoms with van der Waals surface area (Å²) in [6.07, 6.45) is 6.16. The van der Waals surface area contributed by atoms with E-state index in [0.29, 0.717) is 36.6 Å². The second kappa shape index (κ2) is 10.5. The van der Waals surface area contributed by atoms with Gasteiger partial charge >= 0.3 is 0 Å². The van der Waals surface area contributed by atoms with Gasteiger partial charge in [0.1, 0.15) is 11.6 Å². The Morgan fingerprint density at radius 1 is 1.17 bits per heavy atom. The minimum atomic E-state index is -0.197. The van der Waals surface area contributed by atoms with Crippen LogP contribution in [0.5, 0.6) is 5.75 Å². The van der Waals surface area contributed by atoms with Gasteiger partial charge in [-0.15, -0.1) is 0 Å². The number of hydrogen-bond donors (Lipinski definition) is 2. The summed E-state index contributed by atoms with van der Waals surface area (Å²) in [6.45, 7) is 2.01. The first-order valence-corrected chi connectivity index (χ1v) is 10.1. The van der Waals surface area contributed by atoms with Crippen LogP contribution in [0.15, 0.2) is 42.6 Å². The molecule has 1 aliphatic heterocycles. The zero-order valence-electron chi connectivity index (χ0n) is 16.8. The molecule has 1 saturated heterocycles. The smallest absolute Gasteiger partial charge is 0.255 e. The molecular formula is C22H28N4O3. The third-order valence-corrected chi connectivity index (χ3v) is 4.97. The number of para-hydroxylation sites is 2. The number of nitrogens with one attached hydrogen (secondary N) is 2. The lowest BCUT2D eigenvalue weighted by atomic mass is 10.2. The molecule has 2 N–H and O–H groups in total. The lowest BCUT2D eigenvalue weighted by molar-refractivity contribution is -0.130. The zero-order chi connectivity index (χ0) is 20.5. The SMILES string of the molecule is COc1ccccc1Nc1ncccc1C(=O)NCCCN1CCCCCC1=O. The molecular weight excluding hydrogens is 368 g/mol. The lowest BCUT2D eigenvalue weighted by Gasteiger charge is -2.20. The number of amides is 2. The number of carbonyl (C=O) groups is 2. The molecule has 7 heteroatoms.